The van der Waals surface area contributed by atoms with Crippen LogP contribution >= 0.6 is 0 Å². The fraction of sp³-hybridized carbons (Fsp3) is 0.286. The van der Waals surface area contributed by atoms with Crippen LogP contribution in [-0.4, -0.2) is 17.2 Å². The first kappa shape index (κ1) is 21.3. The average Bonchev–Trinajstić information content (AvgIpc) is 3.17. The van der Waals surface area contributed by atoms with E-state index >= 15 is 0 Å². The van der Waals surface area contributed by atoms with E-state index in [2.05, 4.69) is 31.3 Å². The SMILES string of the molecule is CC(C)(C)c1cc2oc3c(c2c(C=NNC(=O)c2cccc4ccccc24)c1O)CCCC3. The lowest BCUT2D eigenvalue weighted by atomic mass is 9.83. The van der Waals surface area contributed by atoms with E-state index < -0.39 is 0 Å². The lowest BCUT2D eigenvalue weighted by Crippen LogP contribution is -2.18. The summed E-state index contributed by atoms with van der Waals surface area (Å²) in [6, 6.07) is 15.3. The van der Waals surface area contributed by atoms with Gasteiger partial charge < -0.3 is 9.52 Å². The Morgan fingerprint density at radius 3 is 2.67 bits per heavy atom. The normalized spacial score (nSPS) is 14.2. The third-order valence-corrected chi connectivity index (χ3v) is 6.46. The number of nitrogens with one attached hydrogen (secondary N) is 1. The van der Waals surface area contributed by atoms with Gasteiger partial charge in [0.25, 0.3) is 5.91 Å². The molecule has 1 aliphatic carbocycles. The maximum absolute atomic E-state index is 12.9. The van der Waals surface area contributed by atoms with E-state index in [0.717, 1.165) is 64.3 Å². The van der Waals surface area contributed by atoms with Gasteiger partial charge in [0.15, 0.2) is 0 Å². The van der Waals surface area contributed by atoms with Crippen molar-refractivity contribution in [2.24, 2.45) is 5.10 Å². The number of carbonyl (C=O) groups excluding carboxylic acids is 1. The molecule has 0 radical (unpaired) electrons. The second kappa shape index (κ2) is 8.07. The lowest BCUT2D eigenvalue weighted by Gasteiger charge is -2.21. The van der Waals surface area contributed by atoms with Crippen molar-refractivity contribution in [2.75, 3.05) is 0 Å². The number of hydrogen-bond acceptors (Lipinski definition) is 4. The van der Waals surface area contributed by atoms with Gasteiger partial charge in [-0.25, -0.2) is 5.43 Å². The Morgan fingerprint density at radius 1 is 1.09 bits per heavy atom. The summed E-state index contributed by atoms with van der Waals surface area (Å²) in [5.74, 6) is 0.892. The molecule has 1 aromatic heterocycles. The third kappa shape index (κ3) is 3.78. The predicted molar refractivity (Wildman–Crippen MR) is 132 cm³/mol. The molecule has 1 amide bonds. The number of aryl methyl sites for hydroxylation is 2. The van der Waals surface area contributed by atoms with Crippen LogP contribution in [0.2, 0.25) is 0 Å². The molecular weight excluding hydrogens is 412 g/mol. The number of hydrogen-bond donors (Lipinski definition) is 2. The highest BCUT2D eigenvalue weighted by Gasteiger charge is 2.27. The van der Waals surface area contributed by atoms with Gasteiger partial charge in [0.1, 0.15) is 17.1 Å². The number of furan rings is 1. The Hall–Kier alpha value is -3.60. The van der Waals surface area contributed by atoms with Crippen molar-refractivity contribution in [3.63, 3.8) is 0 Å². The van der Waals surface area contributed by atoms with Crippen LogP contribution in [0.1, 0.15) is 66.4 Å². The predicted octanol–water partition coefficient (Wildman–Crippen LogP) is 6.23. The van der Waals surface area contributed by atoms with Crippen LogP contribution in [0, 0.1) is 0 Å². The van der Waals surface area contributed by atoms with Gasteiger partial charge in [0.05, 0.1) is 6.21 Å². The van der Waals surface area contributed by atoms with Gasteiger partial charge in [-0.3, -0.25) is 4.79 Å². The molecule has 0 saturated heterocycles. The topological polar surface area (TPSA) is 74.8 Å². The van der Waals surface area contributed by atoms with E-state index in [0.29, 0.717) is 11.1 Å². The molecule has 33 heavy (non-hydrogen) atoms. The summed E-state index contributed by atoms with van der Waals surface area (Å²) in [6.07, 6.45) is 5.58. The van der Waals surface area contributed by atoms with Crippen LogP contribution in [-0.2, 0) is 18.3 Å². The number of phenols is 1. The Morgan fingerprint density at radius 2 is 1.85 bits per heavy atom. The minimum atomic E-state index is -0.292. The highest BCUT2D eigenvalue weighted by atomic mass is 16.3. The molecule has 0 bridgehead atoms. The Bertz CT molecular complexity index is 1400. The summed E-state index contributed by atoms with van der Waals surface area (Å²) < 4.78 is 6.21. The van der Waals surface area contributed by atoms with Crippen molar-refractivity contribution in [1.82, 2.24) is 5.43 Å². The molecule has 2 N–H and O–H groups in total. The number of carbonyl (C=O) groups is 1. The zero-order valence-corrected chi connectivity index (χ0v) is 19.2. The largest absolute Gasteiger partial charge is 0.507 e. The van der Waals surface area contributed by atoms with Crippen LogP contribution in [0.5, 0.6) is 5.75 Å². The van der Waals surface area contributed by atoms with E-state index in [1.807, 2.05) is 42.5 Å². The molecule has 0 saturated carbocycles. The van der Waals surface area contributed by atoms with Gasteiger partial charge in [-0.1, -0.05) is 57.2 Å². The van der Waals surface area contributed by atoms with Crippen molar-refractivity contribution < 1.29 is 14.3 Å². The summed E-state index contributed by atoms with van der Waals surface area (Å²) in [6.45, 7) is 6.17. The molecule has 0 aliphatic heterocycles. The fourth-order valence-electron chi connectivity index (χ4n) is 4.78. The minimum Gasteiger partial charge on any atom is -0.507 e. The Labute approximate surface area is 193 Å². The van der Waals surface area contributed by atoms with E-state index in [9.17, 15) is 9.90 Å². The number of fused-ring (bicyclic) bond motifs is 4. The van der Waals surface area contributed by atoms with Gasteiger partial charge in [-0.05, 0) is 47.6 Å². The molecule has 1 aliphatic rings. The number of hydrazone groups is 1. The lowest BCUT2D eigenvalue weighted by molar-refractivity contribution is 0.0956. The quantitative estimate of drug-likeness (QED) is 0.293. The summed E-state index contributed by atoms with van der Waals surface area (Å²) in [5.41, 5.74) is 6.24. The summed E-state index contributed by atoms with van der Waals surface area (Å²) in [4.78, 5) is 12.9. The second-order valence-electron chi connectivity index (χ2n) is 9.75. The molecule has 0 atom stereocenters. The molecule has 3 aromatic carbocycles. The van der Waals surface area contributed by atoms with Crippen LogP contribution in [0.4, 0.5) is 0 Å². The van der Waals surface area contributed by atoms with Crippen molar-refractivity contribution in [3.8, 4) is 5.75 Å². The zero-order valence-electron chi connectivity index (χ0n) is 19.2. The highest BCUT2D eigenvalue weighted by molar-refractivity contribution is 6.08. The number of benzene rings is 3. The van der Waals surface area contributed by atoms with Gasteiger partial charge in [0.2, 0.25) is 0 Å². The van der Waals surface area contributed by atoms with Crippen LogP contribution < -0.4 is 5.43 Å². The van der Waals surface area contributed by atoms with E-state index in [-0.39, 0.29) is 17.1 Å². The zero-order chi connectivity index (χ0) is 23.2. The first-order chi connectivity index (χ1) is 15.8. The number of aromatic hydroxyl groups is 1. The smallest absolute Gasteiger partial charge is 0.271 e. The highest BCUT2D eigenvalue weighted by Crippen LogP contribution is 2.42. The number of nitrogens with zero attached hydrogens (tertiary/aromatic N) is 1. The maximum Gasteiger partial charge on any atom is 0.271 e. The Kier molecular flexibility index (Phi) is 5.20. The van der Waals surface area contributed by atoms with Gasteiger partial charge >= 0.3 is 0 Å². The number of amides is 1. The molecule has 5 heteroatoms. The van der Waals surface area contributed by atoms with Crippen molar-refractivity contribution >= 4 is 33.9 Å². The molecule has 1 heterocycles. The van der Waals surface area contributed by atoms with E-state index in [1.165, 1.54) is 0 Å². The van der Waals surface area contributed by atoms with Gasteiger partial charge in [-0.2, -0.15) is 5.10 Å². The standard InChI is InChI=1S/C28H28N2O3/c1-28(2,3)22-15-24-25(20-12-6-7-14-23(20)33-24)21(26(22)31)16-29-30-27(32)19-13-8-10-17-9-4-5-11-18(17)19/h4-5,8-11,13,15-16,31H,6-7,12,14H2,1-3H3,(H,30,32). The van der Waals surface area contributed by atoms with E-state index in [4.69, 9.17) is 4.42 Å². The van der Waals surface area contributed by atoms with Crippen molar-refractivity contribution in [3.05, 3.63) is 76.5 Å². The van der Waals surface area contributed by atoms with E-state index in [1.54, 1.807) is 12.3 Å². The van der Waals surface area contributed by atoms with Crippen molar-refractivity contribution in [2.45, 2.75) is 51.9 Å². The average molecular weight is 441 g/mol. The van der Waals surface area contributed by atoms with Crippen molar-refractivity contribution in [1.29, 1.82) is 0 Å². The number of rotatable bonds is 3. The van der Waals surface area contributed by atoms with Gasteiger partial charge in [0, 0.05) is 34.1 Å². The number of phenolic OH excluding ortho intramolecular Hbond substituents is 1. The molecule has 5 rings (SSSR count). The van der Waals surface area contributed by atoms with Crippen LogP contribution in [0.3, 0.4) is 0 Å². The third-order valence-electron chi connectivity index (χ3n) is 6.46. The second-order valence-corrected chi connectivity index (χ2v) is 9.75. The molecule has 5 nitrogen and oxygen atoms in total. The Balaban J connectivity index is 1.55. The first-order valence-electron chi connectivity index (χ1n) is 11.5. The molecule has 0 spiro atoms. The first-order valence-corrected chi connectivity index (χ1v) is 11.5. The molecule has 4 aromatic rings. The summed E-state index contributed by atoms with van der Waals surface area (Å²) in [5, 5.41) is 18.3. The molecule has 0 fully saturated rings. The van der Waals surface area contributed by atoms with Crippen LogP contribution in [0.25, 0.3) is 21.7 Å². The summed E-state index contributed by atoms with van der Waals surface area (Å²) >= 11 is 0. The van der Waals surface area contributed by atoms with Crippen LogP contribution in [0.15, 0.2) is 58.0 Å². The van der Waals surface area contributed by atoms with Gasteiger partial charge in [-0.15, -0.1) is 0 Å². The maximum atomic E-state index is 12.9. The molecule has 168 valence electrons. The molecular formula is C28H28N2O3. The molecule has 0 unspecified atom stereocenters. The fourth-order valence-corrected chi connectivity index (χ4v) is 4.78. The minimum absolute atomic E-state index is 0.187. The summed E-state index contributed by atoms with van der Waals surface area (Å²) in [7, 11) is 0. The monoisotopic (exact) mass is 440 g/mol.